The summed E-state index contributed by atoms with van der Waals surface area (Å²) >= 11 is 0. The maximum absolute atomic E-state index is 12.6. The van der Waals surface area contributed by atoms with E-state index in [1.807, 2.05) is 0 Å². The molecule has 1 heterocycles. The van der Waals surface area contributed by atoms with Crippen molar-refractivity contribution in [3.63, 3.8) is 0 Å². The molecular weight excluding hydrogens is 308 g/mol. The second-order valence-electron chi connectivity index (χ2n) is 5.18. The van der Waals surface area contributed by atoms with Crippen molar-refractivity contribution in [2.45, 2.75) is 17.7 Å². The van der Waals surface area contributed by atoms with E-state index in [1.165, 1.54) is 33.5 Å². The summed E-state index contributed by atoms with van der Waals surface area (Å²) < 4.78 is 26.4. The van der Waals surface area contributed by atoms with Gasteiger partial charge >= 0.3 is 5.97 Å². The molecule has 1 aliphatic rings. The molecule has 0 radical (unpaired) electrons. The molecule has 22 heavy (non-hydrogen) atoms. The fourth-order valence-electron chi connectivity index (χ4n) is 2.25. The van der Waals surface area contributed by atoms with Gasteiger partial charge in [-0.1, -0.05) is 12.1 Å². The zero-order valence-corrected chi connectivity index (χ0v) is 13.0. The molecule has 1 aliphatic heterocycles. The summed E-state index contributed by atoms with van der Waals surface area (Å²) in [5.41, 5.74) is 0.539. The molecule has 0 saturated carbocycles. The number of amides is 1. The Bertz CT molecular complexity index is 669. The van der Waals surface area contributed by atoms with Gasteiger partial charge in [0, 0.05) is 33.1 Å². The molecule has 0 atom stereocenters. The van der Waals surface area contributed by atoms with Crippen molar-refractivity contribution in [3.05, 3.63) is 29.8 Å². The average Bonchev–Trinajstić information content (AvgIpc) is 2.62. The second kappa shape index (κ2) is 6.45. The summed E-state index contributed by atoms with van der Waals surface area (Å²) in [4.78, 5) is 23.9. The highest BCUT2D eigenvalue weighted by molar-refractivity contribution is 7.89. The fourth-order valence-corrected chi connectivity index (χ4v) is 3.68. The molecular formula is C14H18N2O5S. The Morgan fingerprint density at radius 2 is 1.82 bits per heavy atom. The third-order valence-corrected chi connectivity index (χ3v) is 5.51. The summed E-state index contributed by atoms with van der Waals surface area (Å²) in [6, 6.07) is 5.81. The van der Waals surface area contributed by atoms with Gasteiger partial charge in [-0.3, -0.25) is 9.59 Å². The number of aliphatic carboxylic acids is 1. The lowest BCUT2D eigenvalue weighted by Crippen LogP contribution is -2.34. The van der Waals surface area contributed by atoms with Crippen molar-refractivity contribution < 1.29 is 23.1 Å². The quantitative estimate of drug-likeness (QED) is 0.851. The number of hydrogen-bond donors (Lipinski definition) is 1. The monoisotopic (exact) mass is 326 g/mol. The molecule has 0 spiro atoms. The minimum Gasteiger partial charge on any atom is -0.481 e. The van der Waals surface area contributed by atoms with E-state index in [2.05, 4.69) is 0 Å². The molecule has 1 aromatic rings. The van der Waals surface area contributed by atoms with Crippen molar-refractivity contribution in [1.29, 1.82) is 0 Å². The van der Waals surface area contributed by atoms with Gasteiger partial charge in [-0.2, -0.15) is 4.31 Å². The first-order valence-corrected chi connectivity index (χ1v) is 8.29. The first kappa shape index (κ1) is 16.4. The molecule has 1 aromatic carbocycles. The molecule has 0 aromatic heterocycles. The lowest BCUT2D eigenvalue weighted by atomic mass is 10.2. The maximum atomic E-state index is 12.6. The van der Waals surface area contributed by atoms with E-state index in [9.17, 15) is 18.0 Å². The van der Waals surface area contributed by atoms with E-state index in [-0.39, 0.29) is 36.7 Å². The number of carboxylic acid groups (broad SMARTS) is 1. The van der Waals surface area contributed by atoms with Crippen LogP contribution in [0.15, 0.2) is 29.2 Å². The van der Waals surface area contributed by atoms with E-state index < -0.39 is 16.0 Å². The van der Waals surface area contributed by atoms with Gasteiger partial charge in [0.1, 0.15) is 0 Å². The number of benzene rings is 1. The Morgan fingerprint density at radius 3 is 2.41 bits per heavy atom. The van der Waals surface area contributed by atoms with Crippen LogP contribution >= 0.6 is 0 Å². The fraction of sp³-hybridized carbons (Fsp3) is 0.429. The van der Waals surface area contributed by atoms with Gasteiger partial charge < -0.3 is 10.0 Å². The third-order valence-electron chi connectivity index (χ3n) is 3.60. The van der Waals surface area contributed by atoms with Crippen molar-refractivity contribution in [2.75, 3.05) is 26.7 Å². The van der Waals surface area contributed by atoms with Gasteiger partial charge in [-0.15, -0.1) is 0 Å². The highest BCUT2D eigenvalue weighted by Gasteiger charge is 2.28. The van der Waals surface area contributed by atoms with Crippen LogP contribution in [-0.4, -0.2) is 61.3 Å². The third kappa shape index (κ3) is 3.63. The van der Waals surface area contributed by atoms with Gasteiger partial charge in [0.25, 0.3) is 0 Å². The predicted octanol–water partition coefficient (Wildman–Crippen LogP) is 0.166. The van der Waals surface area contributed by atoms with Crippen LogP contribution < -0.4 is 0 Å². The first-order chi connectivity index (χ1) is 10.3. The van der Waals surface area contributed by atoms with Crippen LogP contribution in [-0.2, 0) is 26.0 Å². The van der Waals surface area contributed by atoms with Crippen molar-refractivity contribution in [2.24, 2.45) is 0 Å². The molecule has 1 fully saturated rings. The minimum absolute atomic E-state index is 0.0745. The Morgan fingerprint density at radius 1 is 1.18 bits per heavy atom. The van der Waals surface area contributed by atoms with Crippen LogP contribution in [0.5, 0.6) is 0 Å². The molecule has 1 saturated heterocycles. The van der Waals surface area contributed by atoms with E-state index in [0.717, 1.165) is 0 Å². The first-order valence-electron chi connectivity index (χ1n) is 6.85. The number of carboxylic acids is 1. The van der Waals surface area contributed by atoms with Crippen LogP contribution in [0.25, 0.3) is 0 Å². The number of carbonyl (C=O) groups excluding carboxylic acids is 1. The van der Waals surface area contributed by atoms with Crippen molar-refractivity contribution >= 4 is 21.9 Å². The topological polar surface area (TPSA) is 95.0 Å². The molecule has 8 heteroatoms. The summed E-state index contributed by atoms with van der Waals surface area (Å²) in [5.74, 6) is -1.04. The molecule has 1 N–H and O–H groups in total. The van der Waals surface area contributed by atoms with Gasteiger partial charge in [0.2, 0.25) is 15.9 Å². The minimum atomic E-state index is -3.67. The summed E-state index contributed by atoms with van der Waals surface area (Å²) in [6.07, 6.45) is 0.0101. The normalized spacial score (nSPS) is 17.3. The zero-order chi connectivity index (χ0) is 16.3. The summed E-state index contributed by atoms with van der Waals surface area (Å²) in [6.45, 7) is 0.763. The predicted molar refractivity (Wildman–Crippen MR) is 78.8 cm³/mol. The van der Waals surface area contributed by atoms with Crippen molar-refractivity contribution in [1.82, 2.24) is 9.21 Å². The Balaban J connectivity index is 2.19. The molecule has 7 nitrogen and oxygen atoms in total. The molecule has 120 valence electrons. The zero-order valence-electron chi connectivity index (χ0n) is 12.2. The van der Waals surface area contributed by atoms with Gasteiger partial charge in [-0.05, 0) is 17.7 Å². The van der Waals surface area contributed by atoms with E-state index in [0.29, 0.717) is 12.1 Å². The summed E-state index contributed by atoms with van der Waals surface area (Å²) in [7, 11) is -2.02. The van der Waals surface area contributed by atoms with Gasteiger partial charge in [0.05, 0.1) is 11.3 Å². The highest BCUT2D eigenvalue weighted by atomic mass is 32.2. The highest BCUT2D eigenvalue weighted by Crippen LogP contribution is 2.18. The molecule has 0 unspecified atom stereocenters. The van der Waals surface area contributed by atoms with Gasteiger partial charge in [0.15, 0.2) is 0 Å². The molecule has 2 rings (SSSR count). The lowest BCUT2D eigenvalue weighted by molar-refractivity contribution is -0.136. The largest absolute Gasteiger partial charge is 0.481 e. The number of nitrogens with zero attached hydrogens (tertiary/aromatic N) is 2. The molecule has 1 amide bonds. The van der Waals surface area contributed by atoms with Crippen LogP contribution in [0.4, 0.5) is 0 Å². The average molecular weight is 326 g/mol. The summed E-state index contributed by atoms with van der Waals surface area (Å²) in [5, 5.41) is 8.72. The van der Waals surface area contributed by atoms with E-state index in [4.69, 9.17) is 5.11 Å². The van der Waals surface area contributed by atoms with Gasteiger partial charge in [-0.25, -0.2) is 8.42 Å². The molecule has 0 aliphatic carbocycles. The Labute approximate surface area is 129 Å². The SMILES string of the molecule is CN1CCN(S(=O)(=O)c2ccc(CC(=O)O)cc2)CCC1=O. The number of hydrogen-bond acceptors (Lipinski definition) is 4. The second-order valence-corrected chi connectivity index (χ2v) is 7.12. The van der Waals surface area contributed by atoms with Crippen molar-refractivity contribution in [3.8, 4) is 0 Å². The maximum Gasteiger partial charge on any atom is 0.307 e. The smallest absolute Gasteiger partial charge is 0.307 e. The van der Waals surface area contributed by atoms with E-state index in [1.54, 1.807) is 7.05 Å². The lowest BCUT2D eigenvalue weighted by Gasteiger charge is -2.20. The van der Waals surface area contributed by atoms with E-state index >= 15 is 0 Å². The van der Waals surface area contributed by atoms with Crippen LogP contribution in [0, 0.1) is 0 Å². The van der Waals surface area contributed by atoms with Crippen LogP contribution in [0.2, 0.25) is 0 Å². The van der Waals surface area contributed by atoms with Crippen LogP contribution in [0.3, 0.4) is 0 Å². The number of sulfonamides is 1. The standard InChI is InChI=1S/C14H18N2O5S/c1-15-8-9-16(7-6-13(15)17)22(20,21)12-4-2-11(3-5-12)10-14(18)19/h2-5H,6-10H2,1H3,(H,18,19). The Hall–Kier alpha value is -1.93. The number of likely N-dealkylation sites (N-methyl/N-ethyl adjacent to an activating group) is 1. The van der Waals surface area contributed by atoms with Crippen LogP contribution in [0.1, 0.15) is 12.0 Å². The molecule has 0 bridgehead atoms. The Kier molecular flexibility index (Phi) is 4.82. The number of rotatable bonds is 4. The number of carbonyl (C=O) groups is 2.